The van der Waals surface area contributed by atoms with Crippen molar-refractivity contribution in [1.29, 1.82) is 0 Å². The first-order chi connectivity index (χ1) is 10.3. The molecule has 1 unspecified atom stereocenters. The average molecular weight is 290 g/mol. The Bertz CT molecular complexity index is 504. The number of likely N-dealkylation sites (tertiary alicyclic amines) is 1. The number of amides is 1. The molecule has 2 heterocycles. The topological polar surface area (TPSA) is 67.3 Å². The number of methoxy groups -OCH3 is 1. The van der Waals surface area contributed by atoms with Crippen molar-refractivity contribution in [3.05, 3.63) is 18.1 Å². The number of nitrogens with one attached hydrogen (secondary N) is 1. The van der Waals surface area contributed by atoms with Crippen molar-refractivity contribution >= 4 is 11.7 Å². The standard InChI is InChI=1S/C15H22N4O2/c1-21-5-4-19-9-11(6-15(19)20)8-16-14-7-13(12-2-3-12)17-10-18-14/h7,10-12H,2-6,8-9H2,1H3,(H,16,17,18). The van der Waals surface area contributed by atoms with Gasteiger partial charge in [-0.25, -0.2) is 9.97 Å². The maximum absolute atomic E-state index is 11.9. The molecule has 0 radical (unpaired) electrons. The van der Waals surface area contributed by atoms with Crippen LogP contribution < -0.4 is 5.32 Å². The van der Waals surface area contributed by atoms with Crippen molar-refractivity contribution in [1.82, 2.24) is 14.9 Å². The predicted molar refractivity (Wildman–Crippen MR) is 79.1 cm³/mol. The average Bonchev–Trinajstić information content (AvgIpc) is 3.28. The molecule has 1 aromatic heterocycles. The van der Waals surface area contributed by atoms with Gasteiger partial charge in [0.15, 0.2) is 0 Å². The van der Waals surface area contributed by atoms with Gasteiger partial charge in [-0.2, -0.15) is 0 Å². The van der Waals surface area contributed by atoms with Crippen LogP contribution in [0.15, 0.2) is 12.4 Å². The molecule has 0 spiro atoms. The predicted octanol–water partition coefficient (Wildman–Crippen LogP) is 1.26. The van der Waals surface area contributed by atoms with Gasteiger partial charge in [-0.1, -0.05) is 0 Å². The van der Waals surface area contributed by atoms with Crippen molar-refractivity contribution in [2.75, 3.05) is 38.7 Å². The lowest BCUT2D eigenvalue weighted by molar-refractivity contribution is -0.128. The van der Waals surface area contributed by atoms with Gasteiger partial charge in [-0.05, 0) is 12.8 Å². The molecule has 6 nitrogen and oxygen atoms in total. The molecule has 1 N–H and O–H groups in total. The Kier molecular flexibility index (Phi) is 4.34. The van der Waals surface area contributed by atoms with Crippen LogP contribution in [0.1, 0.15) is 30.9 Å². The molecule has 1 saturated heterocycles. The number of nitrogens with zero attached hydrogens (tertiary/aromatic N) is 3. The third-order valence-corrected chi connectivity index (χ3v) is 4.12. The Balaban J connectivity index is 1.49. The van der Waals surface area contributed by atoms with Crippen LogP contribution in [-0.2, 0) is 9.53 Å². The van der Waals surface area contributed by atoms with Crippen LogP contribution >= 0.6 is 0 Å². The summed E-state index contributed by atoms with van der Waals surface area (Å²) in [4.78, 5) is 22.3. The molecule has 1 amide bonds. The van der Waals surface area contributed by atoms with E-state index >= 15 is 0 Å². The zero-order valence-corrected chi connectivity index (χ0v) is 12.4. The molecule has 1 aromatic rings. The smallest absolute Gasteiger partial charge is 0.223 e. The molecule has 1 atom stereocenters. The molecule has 21 heavy (non-hydrogen) atoms. The summed E-state index contributed by atoms with van der Waals surface area (Å²) < 4.78 is 5.03. The first-order valence-electron chi connectivity index (χ1n) is 7.59. The van der Waals surface area contributed by atoms with E-state index in [4.69, 9.17) is 4.74 Å². The van der Waals surface area contributed by atoms with E-state index in [1.807, 2.05) is 11.0 Å². The highest BCUT2D eigenvalue weighted by Gasteiger charge is 2.29. The minimum Gasteiger partial charge on any atom is -0.383 e. The summed E-state index contributed by atoms with van der Waals surface area (Å²) >= 11 is 0. The normalized spacial score (nSPS) is 21.9. The lowest BCUT2D eigenvalue weighted by Crippen LogP contribution is -2.29. The molecule has 2 aliphatic rings. The molecule has 0 bridgehead atoms. The van der Waals surface area contributed by atoms with E-state index < -0.39 is 0 Å². The number of ether oxygens (including phenoxy) is 1. The maximum Gasteiger partial charge on any atom is 0.223 e. The first kappa shape index (κ1) is 14.3. The third kappa shape index (κ3) is 3.69. The fourth-order valence-corrected chi connectivity index (χ4v) is 2.73. The summed E-state index contributed by atoms with van der Waals surface area (Å²) in [5.74, 6) is 2.06. The number of carbonyl (C=O) groups is 1. The molecule has 3 rings (SSSR count). The number of rotatable bonds is 7. The number of aromatic nitrogens is 2. The Morgan fingerprint density at radius 2 is 2.29 bits per heavy atom. The van der Waals surface area contributed by atoms with E-state index in [2.05, 4.69) is 15.3 Å². The van der Waals surface area contributed by atoms with Crippen molar-refractivity contribution in [2.45, 2.75) is 25.2 Å². The molecular weight excluding hydrogens is 268 g/mol. The van der Waals surface area contributed by atoms with E-state index in [-0.39, 0.29) is 5.91 Å². The molecule has 0 aromatic carbocycles. The van der Waals surface area contributed by atoms with Crippen LogP contribution in [-0.4, -0.2) is 54.1 Å². The zero-order chi connectivity index (χ0) is 14.7. The van der Waals surface area contributed by atoms with Gasteiger partial charge in [0, 0.05) is 56.8 Å². The van der Waals surface area contributed by atoms with Crippen LogP contribution in [0, 0.1) is 5.92 Å². The minimum absolute atomic E-state index is 0.222. The van der Waals surface area contributed by atoms with Crippen LogP contribution in [0.5, 0.6) is 0 Å². The summed E-state index contributed by atoms with van der Waals surface area (Å²) in [6, 6.07) is 2.04. The molecular formula is C15H22N4O2. The van der Waals surface area contributed by atoms with Gasteiger partial charge in [0.05, 0.1) is 6.61 Å². The van der Waals surface area contributed by atoms with Gasteiger partial charge in [-0.3, -0.25) is 4.79 Å². The number of hydrogen-bond donors (Lipinski definition) is 1. The second-order valence-corrected chi connectivity index (χ2v) is 5.89. The van der Waals surface area contributed by atoms with E-state index in [9.17, 15) is 4.79 Å². The Hall–Kier alpha value is -1.69. The van der Waals surface area contributed by atoms with E-state index in [0.29, 0.717) is 31.4 Å². The van der Waals surface area contributed by atoms with Gasteiger partial charge in [0.25, 0.3) is 0 Å². The van der Waals surface area contributed by atoms with Crippen LogP contribution in [0.25, 0.3) is 0 Å². The summed E-state index contributed by atoms with van der Waals surface area (Å²) in [7, 11) is 1.66. The quantitative estimate of drug-likeness (QED) is 0.819. The van der Waals surface area contributed by atoms with E-state index in [1.54, 1.807) is 13.4 Å². The molecule has 1 saturated carbocycles. The van der Waals surface area contributed by atoms with Gasteiger partial charge in [0.2, 0.25) is 5.91 Å². The molecule has 2 fully saturated rings. The number of carbonyl (C=O) groups excluding carboxylic acids is 1. The van der Waals surface area contributed by atoms with Gasteiger partial charge >= 0.3 is 0 Å². The van der Waals surface area contributed by atoms with Crippen molar-refractivity contribution in [2.24, 2.45) is 5.92 Å². The fourth-order valence-electron chi connectivity index (χ4n) is 2.73. The Labute approximate surface area is 124 Å². The first-order valence-corrected chi connectivity index (χ1v) is 7.59. The lowest BCUT2D eigenvalue weighted by atomic mass is 10.1. The van der Waals surface area contributed by atoms with Crippen LogP contribution in [0.3, 0.4) is 0 Å². The Morgan fingerprint density at radius 1 is 1.43 bits per heavy atom. The summed E-state index contributed by atoms with van der Waals surface area (Å²) in [6.45, 7) is 2.86. The van der Waals surface area contributed by atoms with Crippen LogP contribution in [0.2, 0.25) is 0 Å². The molecule has 1 aliphatic heterocycles. The summed E-state index contributed by atoms with van der Waals surface area (Å²) in [5.41, 5.74) is 1.14. The second kappa shape index (κ2) is 6.39. The molecule has 114 valence electrons. The number of hydrogen-bond acceptors (Lipinski definition) is 5. The van der Waals surface area contributed by atoms with Crippen molar-refractivity contribution in [3.8, 4) is 0 Å². The second-order valence-electron chi connectivity index (χ2n) is 5.89. The summed E-state index contributed by atoms with van der Waals surface area (Å²) in [6.07, 6.45) is 4.71. The maximum atomic E-state index is 11.9. The highest BCUT2D eigenvalue weighted by Crippen LogP contribution is 2.39. The SMILES string of the molecule is COCCN1CC(CNc2cc(C3CC3)ncn2)CC1=O. The van der Waals surface area contributed by atoms with Gasteiger partial charge in [-0.15, -0.1) is 0 Å². The van der Waals surface area contributed by atoms with E-state index in [1.165, 1.54) is 12.8 Å². The van der Waals surface area contributed by atoms with Crippen LogP contribution in [0.4, 0.5) is 5.82 Å². The van der Waals surface area contributed by atoms with Crippen molar-refractivity contribution in [3.63, 3.8) is 0 Å². The Morgan fingerprint density at radius 3 is 3.05 bits per heavy atom. The zero-order valence-electron chi connectivity index (χ0n) is 12.4. The molecule has 6 heteroatoms. The summed E-state index contributed by atoms with van der Waals surface area (Å²) in [5, 5.41) is 3.35. The third-order valence-electron chi connectivity index (χ3n) is 4.12. The van der Waals surface area contributed by atoms with Gasteiger partial charge in [0.1, 0.15) is 12.1 Å². The fraction of sp³-hybridized carbons (Fsp3) is 0.667. The minimum atomic E-state index is 0.222. The largest absolute Gasteiger partial charge is 0.383 e. The van der Waals surface area contributed by atoms with Gasteiger partial charge < -0.3 is 15.0 Å². The monoisotopic (exact) mass is 290 g/mol. The molecule has 1 aliphatic carbocycles. The van der Waals surface area contributed by atoms with E-state index in [0.717, 1.165) is 24.6 Å². The number of anilines is 1. The highest BCUT2D eigenvalue weighted by molar-refractivity contribution is 5.78. The lowest BCUT2D eigenvalue weighted by Gasteiger charge is -2.16. The highest BCUT2D eigenvalue weighted by atomic mass is 16.5. The van der Waals surface area contributed by atoms with Crippen molar-refractivity contribution < 1.29 is 9.53 Å².